The van der Waals surface area contributed by atoms with E-state index in [9.17, 15) is 21.6 Å². The fourth-order valence-electron chi connectivity index (χ4n) is 0.796. The molecular weight excluding hydrogens is 274 g/mol. The van der Waals surface area contributed by atoms with E-state index in [1.54, 1.807) is 0 Å². The molecule has 9 nitrogen and oxygen atoms in total. The average Bonchev–Trinajstić information content (AvgIpc) is 2.11. The Labute approximate surface area is 99.8 Å². The van der Waals surface area contributed by atoms with Gasteiger partial charge in [-0.1, -0.05) is 0 Å². The fourth-order valence-corrected chi connectivity index (χ4v) is 2.22. The fraction of sp³-hybridized carbons (Fsp3) is 0.833. The van der Waals surface area contributed by atoms with Crippen LogP contribution in [0.25, 0.3) is 0 Å². The summed E-state index contributed by atoms with van der Waals surface area (Å²) in [5, 5.41) is 13.1. The number of rotatable bonds is 8. The van der Waals surface area contributed by atoms with Crippen molar-refractivity contribution in [2.45, 2.75) is 6.42 Å². The van der Waals surface area contributed by atoms with Crippen LogP contribution in [-0.2, 0) is 25.0 Å². The molecule has 0 aromatic carbocycles. The van der Waals surface area contributed by atoms with Crippen molar-refractivity contribution in [1.82, 2.24) is 9.03 Å². The van der Waals surface area contributed by atoms with Crippen LogP contribution in [0.4, 0.5) is 0 Å². The van der Waals surface area contributed by atoms with Crippen molar-refractivity contribution in [3.63, 3.8) is 0 Å². The number of carboxylic acids is 1. The Morgan fingerprint density at radius 2 is 1.88 bits per heavy atom. The van der Waals surface area contributed by atoms with E-state index < -0.39 is 32.0 Å². The lowest BCUT2D eigenvalue weighted by Crippen LogP contribution is -2.41. The van der Waals surface area contributed by atoms with E-state index in [1.165, 1.54) is 7.05 Å². The van der Waals surface area contributed by atoms with Crippen LogP contribution in [0.2, 0.25) is 0 Å². The number of nitrogens with two attached hydrogens (primary N) is 1. The second-order valence-electron chi connectivity index (χ2n) is 3.23. The van der Waals surface area contributed by atoms with Crippen molar-refractivity contribution < 1.29 is 26.7 Å². The lowest BCUT2D eigenvalue weighted by Gasteiger charge is -2.16. The van der Waals surface area contributed by atoms with Crippen molar-refractivity contribution in [3.8, 4) is 0 Å². The molecule has 0 saturated heterocycles. The predicted molar refractivity (Wildman–Crippen MR) is 59.8 cm³/mol. The molecule has 0 aliphatic heterocycles. The summed E-state index contributed by atoms with van der Waals surface area (Å²) >= 11 is 0. The molecule has 0 radical (unpaired) electrons. The first-order valence-corrected chi connectivity index (χ1v) is 7.63. The first-order chi connectivity index (χ1) is 7.54. The highest BCUT2D eigenvalue weighted by atomic mass is 32.2. The Morgan fingerprint density at radius 1 is 1.35 bits per heavy atom. The molecule has 0 atom stereocenters. The van der Waals surface area contributed by atoms with Gasteiger partial charge in [0.2, 0.25) is 10.0 Å². The van der Waals surface area contributed by atoms with Crippen molar-refractivity contribution in [3.05, 3.63) is 0 Å². The zero-order chi connectivity index (χ0) is 13.7. The molecular formula is C6H15N3O6S2. The maximum Gasteiger partial charge on any atom is 0.304 e. The number of hydrogen-bond donors (Lipinski definition) is 3. The molecule has 0 aliphatic carbocycles. The van der Waals surface area contributed by atoms with Gasteiger partial charge in [-0.2, -0.15) is 12.7 Å². The van der Waals surface area contributed by atoms with E-state index in [0.717, 1.165) is 4.31 Å². The third kappa shape index (κ3) is 8.04. The van der Waals surface area contributed by atoms with E-state index in [2.05, 4.69) is 5.14 Å². The largest absolute Gasteiger partial charge is 0.481 e. The molecule has 0 heterocycles. The molecule has 11 heteroatoms. The molecule has 0 fully saturated rings. The van der Waals surface area contributed by atoms with Crippen LogP contribution in [0.15, 0.2) is 0 Å². The molecule has 0 rings (SSSR count). The third-order valence-electron chi connectivity index (χ3n) is 1.72. The van der Waals surface area contributed by atoms with Gasteiger partial charge in [-0.25, -0.2) is 18.3 Å². The standard InChI is InChI=1S/C6H15N3O6S2/c1-9(4-2-6(10)11)17(14,15)8-3-5-16(7,12)13/h8H,2-5H2,1H3,(H,10,11)(H2,7,12,13). The van der Waals surface area contributed by atoms with Gasteiger partial charge in [0.1, 0.15) is 0 Å². The van der Waals surface area contributed by atoms with E-state index in [4.69, 9.17) is 5.11 Å². The lowest BCUT2D eigenvalue weighted by atomic mass is 10.4. The summed E-state index contributed by atoms with van der Waals surface area (Å²) in [6.45, 7) is -0.571. The predicted octanol–water partition coefficient (Wildman–Crippen LogP) is -2.48. The molecule has 0 amide bonds. The van der Waals surface area contributed by atoms with Gasteiger partial charge in [0.25, 0.3) is 10.2 Å². The van der Waals surface area contributed by atoms with Crippen molar-refractivity contribution >= 4 is 26.2 Å². The Balaban J connectivity index is 4.24. The van der Waals surface area contributed by atoms with E-state index >= 15 is 0 Å². The Hall–Kier alpha value is -0.750. The molecule has 0 aromatic rings. The summed E-state index contributed by atoms with van der Waals surface area (Å²) in [5.74, 6) is -1.66. The van der Waals surface area contributed by atoms with Crippen molar-refractivity contribution in [1.29, 1.82) is 0 Å². The van der Waals surface area contributed by atoms with Gasteiger partial charge >= 0.3 is 5.97 Å². The monoisotopic (exact) mass is 289 g/mol. The highest BCUT2D eigenvalue weighted by Gasteiger charge is 2.18. The van der Waals surface area contributed by atoms with E-state index in [-0.39, 0.29) is 19.5 Å². The van der Waals surface area contributed by atoms with Gasteiger partial charge in [-0.05, 0) is 0 Å². The Morgan fingerprint density at radius 3 is 2.29 bits per heavy atom. The third-order valence-corrected chi connectivity index (χ3v) is 4.07. The summed E-state index contributed by atoms with van der Waals surface area (Å²) in [4.78, 5) is 10.2. The number of sulfonamides is 1. The molecule has 0 unspecified atom stereocenters. The van der Waals surface area contributed by atoms with Gasteiger partial charge in [-0.3, -0.25) is 4.79 Å². The summed E-state index contributed by atoms with van der Waals surface area (Å²) in [7, 11) is -6.43. The zero-order valence-electron chi connectivity index (χ0n) is 9.16. The number of nitrogens with zero attached hydrogens (tertiary/aromatic N) is 1. The van der Waals surface area contributed by atoms with Gasteiger partial charge in [0, 0.05) is 20.1 Å². The number of primary sulfonamides is 1. The van der Waals surface area contributed by atoms with Crippen LogP contribution in [0, 0.1) is 0 Å². The second-order valence-corrected chi connectivity index (χ2v) is 6.83. The van der Waals surface area contributed by atoms with E-state index in [1.807, 2.05) is 4.72 Å². The quantitative estimate of drug-likeness (QED) is 0.450. The SMILES string of the molecule is CN(CCC(=O)O)S(=O)(=O)NCCS(N)(=O)=O. The van der Waals surface area contributed by atoms with E-state index in [0.29, 0.717) is 0 Å². The number of nitrogens with one attached hydrogen (secondary N) is 1. The first kappa shape index (κ1) is 16.2. The van der Waals surface area contributed by atoms with Gasteiger partial charge in [-0.15, -0.1) is 0 Å². The minimum atomic E-state index is -3.88. The Kier molecular flexibility index (Phi) is 5.98. The lowest BCUT2D eigenvalue weighted by molar-refractivity contribution is -0.137. The molecule has 0 saturated carbocycles. The summed E-state index contributed by atoms with van der Waals surface area (Å²) in [5.41, 5.74) is 0. The number of carbonyl (C=O) groups is 1. The zero-order valence-corrected chi connectivity index (χ0v) is 10.8. The minimum absolute atomic E-state index is 0.208. The number of carboxylic acid groups (broad SMARTS) is 1. The maximum atomic E-state index is 11.4. The topological polar surface area (TPSA) is 147 Å². The Bertz CT molecular complexity index is 456. The van der Waals surface area contributed by atoms with Crippen molar-refractivity contribution in [2.75, 3.05) is 25.9 Å². The second kappa shape index (κ2) is 6.26. The highest BCUT2D eigenvalue weighted by Crippen LogP contribution is 1.95. The van der Waals surface area contributed by atoms with Crippen LogP contribution in [0.5, 0.6) is 0 Å². The molecule has 4 N–H and O–H groups in total. The minimum Gasteiger partial charge on any atom is -0.481 e. The van der Waals surface area contributed by atoms with Gasteiger partial charge < -0.3 is 5.11 Å². The summed E-state index contributed by atoms with van der Waals surface area (Å²) in [6, 6.07) is 0. The van der Waals surface area contributed by atoms with Crippen LogP contribution >= 0.6 is 0 Å². The average molecular weight is 289 g/mol. The van der Waals surface area contributed by atoms with Crippen LogP contribution in [0.3, 0.4) is 0 Å². The molecule has 0 aliphatic rings. The number of aliphatic carboxylic acids is 1. The summed E-state index contributed by atoms with van der Waals surface area (Å²) < 4.78 is 46.7. The highest BCUT2D eigenvalue weighted by molar-refractivity contribution is 7.89. The van der Waals surface area contributed by atoms with Gasteiger partial charge in [0.15, 0.2) is 0 Å². The first-order valence-electron chi connectivity index (χ1n) is 4.48. The molecule has 102 valence electrons. The van der Waals surface area contributed by atoms with Crippen LogP contribution in [-0.4, -0.2) is 58.1 Å². The summed E-state index contributed by atoms with van der Waals surface area (Å²) in [6.07, 6.45) is -0.341. The van der Waals surface area contributed by atoms with Crippen molar-refractivity contribution in [2.24, 2.45) is 5.14 Å². The molecule has 17 heavy (non-hydrogen) atoms. The van der Waals surface area contributed by atoms with Crippen LogP contribution in [0.1, 0.15) is 6.42 Å². The number of hydrogen-bond acceptors (Lipinski definition) is 5. The van der Waals surface area contributed by atoms with Gasteiger partial charge in [0.05, 0.1) is 12.2 Å². The molecule has 0 bridgehead atoms. The molecule has 0 spiro atoms. The maximum absolute atomic E-state index is 11.4. The van der Waals surface area contributed by atoms with Crippen LogP contribution < -0.4 is 9.86 Å². The smallest absolute Gasteiger partial charge is 0.304 e. The molecule has 0 aromatic heterocycles. The normalized spacial score (nSPS) is 12.9.